The number of Topliss-reactive ketones (excluding diaryl/α,β-unsaturated/α-hetero) is 2. The largest absolute Gasteiger partial charge is 0.497 e. The maximum atomic E-state index is 12.6. The molecule has 1 atom stereocenters. The lowest BCUT2D eigenvalue weighted by atomic mass is 9.69. The Bertz CT molecular complexity index is 691. The fourth-order valence-corrected chi connectivity index (χ4v) is 3.31. The third-order valence-corrected chi connectivity index (χ3v) is 4.44. The van der Waals surface area contributed by atoms with Crippen molar-refractivity contribution in [1.29, 1.82) is 0 Å². The molecule has 1 aromatic carbocycles. The second-order valence-corrected chi connectivity index (χ2v) is 7.27. The molecule has 0 saturated heterocycles. The Labute approximate surface area is 149 Å². The van der Waals surface area contributed by atoms with Crippen molar-refractivity contribution in [3.8, 4) is 11.5 Å². The molecule has 0 N–H and O–H groups in total. The Morgan fingerprint density at radius 3 is 2.56 bits per heavy atom. The van der Waals surface area contributed by atoms with E-state index in [1.54, 1.807) is 32.4 Å². The van der Waals surface area contributed by atoms with E-state index in [-0.39, 0.29) is 17.0 Å². The average Bonchev–Trinajstić information content (AvgIpc) is 2.53. The van der Waals surface area contributed by atoms with E-state index in [9.17, 15) is 9.59 Å². The highest BCUT2D eigenvalue weighted by Crippen LogP contribution is 2.38. The molecule has 0 spiro atoms. The highest BCUT2D eigenvalue weighted by Gasteiger charge is 2.41. The van der Waals surface area contributed by atoms with Gasteiger partial charge in [0, 0.05) is 24.6 Å². The molecule has 25 heavy (non-hydrogen) atoms. The van der Waals surface area contributed by atoms with Gasteiger partial charge in [0.25, 0.3) is 0 Å². The molecular formula is C20H27NO4. The number of carbonyl (C=O) groups excluding carboxylic acids is 2. The monoisotopic (exact) mass is 345 g/mol. The fourth-order valence-electron chi connectivity index (χ4n) is 3.31. The number of hydrogen-bond acceptors (Lipinski definition) is 5. The summed E-state index contributed by atoms with van der Waals surface area (Å²) in [5.74, 6) is 0.443. The van der Waals surface area contributed by atoms with Gasteiger partial charge < -0.3 is 9.47 Å². The van der Waals surface area contributed by atoms with Crippen LogP contribution in [0.15, 0.2) is 23.2 Å². The SMILES string of the molecule is CCCC(=O)[C@@H]1C(=O)CC(C)(C)CC1=Nc1ccc(OC)cc1OC. The zero-order valence-corrected chi connectivity index (χ0v) is 15.7. The first-order chi connectivity index (χ1) is 11.8. The summed E-state index contributed by atoms with van der Waals surface area (Å²) >= 11 is 0. The van der Waals surface area contributed by atoms with Crippen molar-refractivity contribution in [3.05, 3.63) is 18.2 Å². The third-order valence-electron chi connectivity index (χ3n) is 4.44. The van der Waals surface area contributed by atoms with Crippen molar-refractivity contribution in [1.82, 2.24) is 0 Å². The van der Waals surface area contributed by atoms with Crippen molar-refractivity contribution in [3.63, 3.8) is 0 Å². The Balaban J connectivity index is 2.48. The molecule has 1 fully saturated rings. The van der Waals surface area contributed by atoms with Gasteiger partial charge >= 0.3 is 0 Å². The molecule has 2 rings (SSSR count). The second kappa shape index (κ2) is 7.81. The van der Waals surface area contributed by atoms with Gasteiger partial charge in [-0.2, -0.15) is 0 Å². The van der Waals surface area contributed by atoms with Crippen LogP contribution in [0.3, 0.4) is 0 Å². The molecule has 0 aromatic heterocycles. The molecule has 0 aliphatic heterocycles. The van der Waals surface area contributed by atoms with Crippen molar-refractivity contribution in [2.24, 2.45) is 16.3 Å². The molecule has 1 aliphatic carbocycles. The highest BCUT2D eigenvalue weighted by atomic mass is 16.5. The van der Waals surface area contributed by atoms with Crippen LogP contribution in [0.1, 0.15) is 46.5 Å². The van der Waals surface area contributed by atoms with Gasteiger partial charge in [-0.1, -0.05) is 20.8 Å². The van der Waals surface area contributed by atoms with E-state index >= 15 is 0 Å². The van der Waals surface area contributed by atoms with E-state index in [0.717, 1.165) is 6.42 Å². The lowest BCUT2D eigenvalue weighted by Crippen LogP contribution is -2.41. The second-order valence-electron chi connectivity index (χ2n) is 7.27. The summed E-state index contributed by atoms with van der Waals surface area (Å²) in [5.41, 5.74) is 1.06. The molecule has 0 radical (unpaired) electrons. The Morgan fingerprint density at radius 1 is 1.24 bits per heavy atom. The molecule has 136 valence electrons. The predicted molar refractivity (Wildman–Crippen MR) is 98.1 cm³/mol. The van der Waals surface area contributed by atoms with Crippen molar-refractivity contribution in [2.75, 3.05) is 14.2 Å². The van der Waals surface area contributed by atoms with Gasteiger partial charge in [0.05, 0.1) is 14.2 Å². The maximum absolute atomic E-state index is 12.6. The standard InChI is InChI=1S/C20H27NO4/c1-6-7-16(22)19-15(11-20(2,3)12-17(19)23)21-14-9-8-13(24-4)10-18(14)25-5/h8-10,19H,6-7,11-12H2,1-5H3/t19-/m1/s1. The van der Waals surface area contributed by atoms with Crippen LogP contribution in [0.4, 0.5) is 5.69 Å². The number of rotatable bonds is 6. The lowest BCUT2D eigenvalue weighted by molar-refractivity contribution is -0.131. The van der Waals surface area contributed by atoms with Gasteiger partial charge in [-0.3, -0.25) is 14.6 Å². The lowest BCUT2D eigenvalue weighted by Gasteiger charge is -2.34. The molecule has 5 heteroatoms. The molecule has 1 saturated carbocycles. The Morgan fingerprint density at radius 2 is 1.96 bits per heavy atom. The average molecular weight is 345 g/mol. The van der Waals surface area contributed by atoms with Crippen LogP contribution in [0, 0.1) is 11.3 Å². The molecule has 1 aliphatic rings. The first-order valence-corrected chi connectivity index (χ1v) is 8.66. The van der Waals surface area contributed by atoms with Crippen molar-refractivity contribution in [2.45, 2.75) is 46.5 Å². The predicted octanol–water partition coefficient (Wildman–Crippen LogP) is 4.15. The maximum Gasteiger partial charge on any atom is 0.149 e. The van der Waals surface area contributed by atoms with Crippen LogP contribution in [0.25, 0.3) is 0 Å². The minimum Gasteiger partial charge on any atom is -0.497 e. The van der Waals surface area contributed by atoms with E-state index in [0.29, 0.717) is 42.2 Å². The van der Waals surface area contributed by atoms with Crippen molar-refractivity contribution >= 4 is 23.0 Å². The van der Waals surface area contributed by atoms with Gasteiger partial charge in [-0.25, -0.2) is 0 Å². The Hall–Kier alpha value is -2.17. The summed E-state index contributed by atoms with van der Waals surface area (Å²) in [7, 11) is 3.15. The minimum absolute atomic E-state index is 0.0269. The molecule has 1 aromatic rings. The molecule has 0 heterocycles. The van der Waals surface area contributed by atoms with Gasteiger partial charge in [-0.05, 0) is 30.4 Å². The zero-order valence-electron chi connectivity index (χ0n) is 15.7. The van der Waals surface area contributed by atoms with Crippen LogP contribution in [0.5, 0.6) is 11.5 Å². The molecular weight excluding hydrogens is 318 g/mol. The topological polar surface area (TPSA) is 65.0 Å². The van der Waals surface area contributed by atoms with Crippen molar-refractivity contribution < 1.29 is 19.1 Å². The van der Waals surface area contributed by atoms with Crippen LogP contribution >= 0.6 is 0 Å². The number of benzene rings is 1. The first kappa shape index (κ1) is 19.2. The van der Waals surface area contributed by atoms with E-state index in [4.69, 9.17) is 9.47 Å². The molecule has 5 nitrogen and oxygen atoms in total. The summed E-state index contributed by atoms with van der Waals surface area (Å²) in [4.78, 5) is 29.8. The molecule has 0 unspecified atom stereocenters. The van der Waals surface area contributed by atoms with E-state index in [1.165, 1.54) is 0 Å². The van der Waals surface area contributed by atoms with Crippen LogP contribution in [-0.4, -0.2) is 31.5 Å². The van der Waals surface area contributed by atoms with Gasteiger partial charge in [-0.15, -0.1) is 0 Å². The quantitative estimate of drug-likeness (QED) is 0.727. The number of methoxy groups -OCH3 is 2. The third kappa shape index (κ3) is 4.47. The number of nitrogens with zero attached hydrogens (tertiary/aromatic N) is 1. The van der Waals surface area contributed by atoms with Crippen LogP contribution in [-0.2, 0) is 9.59 Å². The number of ether oxygens (including phenoxy) is 2. The summed E-state index contributed by atoms with van der Waals surface area (Å²) in [5, 5.41) is 0. The number of ketones is 2. The number of aliphatic imine (C=N–C) groups is 1. The first-order valence-electron chi connectivity index (χ1n) is 8.66. The van der Waals surface area contributed by atoms with Gasteiger partial charge in [0.2, 0.25) is 0 Å². The zero-order chi connectivity index (χ0) is 18.6. The summed E-state index contributed by atoms with van der Waals surface area (Å²) in [6.45, 7) is 6.01. The molecule has 0 amide bonds. The van der Waals surface area contributed by atoms with E-state index in [2.05, 4.69) is 4.99 Å². The summed E-state index contributed by atoms with van der Waals surface area (Å²) in [6, 6.07) is 5.33. The number of hydrogen-bond donors (Lipinski definition) is 0. The van der Waals surface area contributed by atoms with E-state index in [1.807, 2.05) is 20.8 Å². The van der Waals surface area contributed by atoms with Crippen LogP contribution in [0.2, 0.25) is 0 Å². The normalized spacial score (nSPS) is 21.2. The molecule has 0 bridgehead atoms. The minimum atomic E-state index is -0.722. The van der Waals surface area contributed by atoms with Gasteiger partial charge in [0.15, 0.2) is 0 Å². The number of carbonyl (C=O) groups is 2. The smallest absolute Gasteiger partial charge is 0.149 e. The van der Waals surface area contributed by atoms with E-state index < -0.39 is 5.92 Å². The van der Waals surface area contributed by atoms with Gasteiger partial charge in [0.1, 0.15) is 34.7 Å². The highest BCUT2D eigenvalue weighted by molar-refractivity contribution is 6.23. The van der Waals surface area contributed by atoms with Crippen LogP contribution < -0.4 is 9.47 Å². The summed E-state index contributed by atoms with van der Waals surface area (Å²) < 4.78 is 10.6. The Kier molecular flexibility index (Phi) is 5.98. The summed E-state index contributed by atoms with van der Waals surface area (Å²) in [6.07, 6.45) is 2.15. The fraction of sp³-hybridized carbons (Fsp3) is 0.550.